The van der Waals surface area contributed by atoms with Crippen LogP contribution in [0.2, 0.25) is 0 Å². The molecule has 0 aliphatic carbocycles. The SMILES string of the molecule is c1ccc(-c2cc(-n3c4ccccc4c4ccc5c6ccccc6n(-c6nc(-c7ccccc7)nc(-c7cccc8c7sc7ccccc78)n6)c5c43)c3oc4ccccc4c3c2)cc1. The average Bonchev–Trinajstić information content (AvgIpc) is 4.12. The number of para-hydroxylation sites is 3. The molecule has 0 N–H and O–H groups in total. The molecule has 298 valence electrons. The van der Waals surface area contributed by atoms with Crippen LogP contribution in [0.3, 0.4) is 0 Å². The monoisotopic (exact) mass is 835 g/mol. The zero-order chi connectivity index (χ0) is 41.9. The maximum Gasteiger partial charge on any atom is 0.238 e. The molecule has 0 fully saturated rings. The van der Waals surface area contributed by atoms with E-state index in [0.717, 1.165) is 98.2 Å². The smallest absolute Gasteiger partial charge is 0.238 e. The van der Waals surface area contributed by atoms with Crippen LogP contribution in [0.5, 0.6) is 0 Å². The molecule has 5 aromatic heterocycles. The van der Waals surface area contributed by atoms with Crippen molar-refractivity contribution in [2.24, 2.45) is 0 Å². The van der Waals surface area contributed by atoms with Crippen LogP contribution in [0.15, 0.2) is 205 Å². The lowest BCUT2D eigenvalue weighted by Gasteiger charge is -2.14. The molecule has 0 saturated carbocycles. The van der Waals surface area contributed by atoms with E-state index in [9.17, 15) is 0 Å². The minimum Gasteiger partial charge on any atom is -0.454 e. The molecule has 0 saturated heterocycles. The number of fused-ring (bicyclic) bond motifs is 13. The lowest BCUT2D eigenvalue weighted by atomic mass is 10.0. The van der Waals surface area contributed by atoms with Crippen LogP contribution in [0.4, 0.5) is 0 Å². The number of thiophene rings is 1. The summed E-state index contributed by atoms with van der Waals surface area (Å²) in [6.07, 6.45) is 0. The van der Waals surface area contributed by atoms with Crippen molar-refractivity contribution in [2.75, 3.05) is 0 Å². The van der Waals surface area contributed by atoms with Crippen molar-refractivity contribution < 1.29 is 4.42 Å². The van der Waals surface area contributed by atoms with Gasteiger partial charge < -0.3 is 8.98 Å². The predicted octanol–water partition coefficient (Wildman–Crippen LogP) is 15.3. The maximum absolute atomic E-state index is 6.91. The van der Waals surface area contributed by atoms with Gasteiger partial charge in [0.15, 0.2) is 17.2 Å². The summed E-state index contributed by atoms with van der Waals surface area (Å²) in [5, 5.41) is 9.04. The van der Waals surface area contributed by atoms with E-state index in [-0.39, 0.29) is 0 Å². The Labute approximate surface area is 369 Å². The Hall–Kier alpha value is -8.39. The number of benzene rings is 9. The number of aromatic nitrogens is 5. The molecule has 5 heterocycles. The van der Waals surface area contributed by atoms with Gasteiger partial charge in [0.1, 0.15) is 5.58 Å². The van der Waals surface area contributed by atoms with Gasteiger partial charge in [0.25, 0.3) is 0 Å². The van der Waals surface area contributed by atoms with Crippen LogP contribution in [0, 0.1) is 0 Å². The molecule has 64 heavy (non-hydrogen) atoms. The molecular formula is C57H33N5OS. The van der Waals surface area contributed by atoms with Crippen LogP contribution in [0.25, 0.3) is 131 Å². The number of rotatable bonds is 5. The number of furan rings is 1. The molecule has 0 bridgehead atoms. The highest BCUT2D eigenvalue weighted by atomic mass is 32.1. The summed E-state index contributed by atoms with van der Waals surface area (Å²) >= 11 is 1.78. The average molecular weight is 836 g/mol. The maximum atomic E-state index is 6.91. The van der Waals surface area contributed by atoms with Crippen LogP contribution in [0.1, 0.15) is 0 Å². The van der Waals surface area contributed by atoms with Gasteiger partial charge in [-0.15, -0.1) is 11.3 Å². The first-order chi connectivity index (χ1) is 31.7. The Bertz CT molecular complexity index is 4200. The summed E-state index contributed by atoms with van der Waals surface area (Å²) in [5.74, 6) is 1.78. The highest BCUT2D eigenvalue weighted by molar-refractivity contribution is 7.26. The van der Waals surface area contributed by atoms with Crippen molar-refractivity contribution in [3.05, 3.63) is 200 Å². The van der Waals surface area contributed by atoms with Crippen molar-refractivity contribution in [3.8, 4) is 45.5 Å². The van der Waals surface area contributed by atoms with Crippen LogP contribution >= 0.6 is 11.3 Å². The van der Waals surface area contributed by atoms with Crippen molar-refractivity contribution in [3.63, 3.8) is 0 Å². The summed E-state index contributed by atoms with van der Waals surface area (Å²) in [6, 6.07) is 70.7. The fraction of sp³-hybridized carbons (Fsp3) is 0. The first-order valence-corrected chi connectivity index (χ1v) is 22.3. The van der Waals surface area contributed by atoms with Crippen molar-refractivity contribution >= 4 is 97.1 Å². The summed E-state index contributed by atoms with van der Waals surface area (Å²) < 4.78 is 14.0. The molecule has 0 atom stereocenters. The van der Waals surface area contributed by atoms with Crippen molar-refractivity contribution in [1.82, 2.24) is 24.1 Å². The van der Waals surface area contributed by atoms with E-state index in [1.165, 1.54) is 15.5 Å². The van der Waals surface area contributed by atoms with Crippen molar-refractivity contribution in [1.29, 1.82) is 0 Å². The van der Waals surface area contributed by atoms with Gasteiger partial charge in [-0.05, 0) is 53.6 Å². The molecule has 0 spiro atoms. The van der Waals surface area contributed by atoms with Gasteiger partial charge >= 0.3 is 0 Å². The molecular weight excluding hydrogens is 803 g/mol. The van der Waals surface area contributed by atoms with Crippen LogP contribution in [-0.4, -0.2) is 24.1 Å². The molecule has 14 aromatic rings. The van der Waals surface area contributed by atoms with E-state index in [2.05, 4.69) is 185 Å². The van der Waals surface area contributed by atoms with Gasteiger partial charge in [-0.1, -0.05) is 158 Å². The van der Waals surface area contributed by atoms with Gasteiger partial charge in [0, 0.05) is 63.6 Å². The molecule has 0 aliphatic rings. The minimum absolute atomic E-state index is 0.546. The Kier molecular flexibility index (Phi) is 7.46. The first-order valence-electron chi connectivity index (χ1n) is 21.4. The van der Waals surface area contributed by atoms with E-state index < -0.39 is 0 Å². The second kappa shape index (κ2) is 13.6. The van der Waals surface area contributed by atoms with E-state index in [1.807, 2.05) is 24.3 Å². The lowest BCUT2D eigenvalue weighted by Crippen LogP contribution is -2.07. The molecule has 0 aliphatic heterocycles. The largest absolute Gasteiger partial charge is 0.454 e. The first kappa shape index (κ1) is 35.2. The Morgan fingerprint density at radius 1 is 0.391 bits per heavy atom. The van der Waals surface area contributed by atoms with Crippen molar-refractivity contribution in [2.45, 2.75) is 0 Å². The van der Waals surface area contributed by atoms with Crippen LogP contribution in [-0.2, 0) is 0 Å². The minimum atomic E-state index is 0.546. The highest BCUT2D eigenvalue weighted by Gasteiger charge is 2.26. The van der Waals surface area contributed by atoms with Gasteiger partial charge in [-0.2, -0.15) is 9.97 Å². The number of hydrogen-bond acceptors (Lipinski definition) is 5. The summed E-state index contributed by atoms with van der Waals surface area (Å²) in [6.45, 7) is 0. The fourth-order valence-corrected chi connectivity index (χ4v) is 11.2. The molecule has 0 amide bonds. The molecule has 0 unspecified atom stereocenters. The van der Waals surface area contributed by atoms with Gasteiger partial charge in [-0.25, -0.2) is 4.98 Å². The Morgan fingerprint density at radius 3 is 1.75 bits per heavy atom. The lowest BCUT2D eigenvalue weighted by molar-refractivity contribution is 0.666. The zero-order valence-corrected chi connectivity index (χ0v) is 34.9. The molecule has 0 radical (unpaired) electrons. The third-order valence-electron chi connectivity index (χ3n) is 12.8. The molecule has 7 heteroatoms. The standard InChI is InChI=1S/C57H33N5OS/c1-3-16-34(17-4-1)36-32-45-39-22-9-13-28-49(39)63-53(45)48(33-36)61-46-26-11-7-20-37(46)41-30-31-42-38-21-8-12-27-47(38)62(52(42)51(41)61)57-59-55(35-18-5-2-6-19-35)58-56(60-57)44-25-15-24-43-40-23-10-14-29-50(40)64-54(43)44/h1-33H. The zero-order valence-electron chi connectivity index (χ0n) is 34.1. The Morgan fingerprint density at radius 2 is 0.984 bits per heavy atom. The highest BCUT2D eigenvalue weighted by Crippen LogP contribution is 2.45. The predicted molar refractivity (Wildman–Crippen MR) is 265 cm³/mol. The molecule has 14 rings (SSSR count). The third kappa shape index (κ3) is 5.10. The second-order valence-corrected chi connectivity index (χ2v) is 17.4. The molecule has 6 nitrogen and oxygen atoms in total. The van der Waals surface area contributed by atoms with Gasteiger partial charge in [0.05, 0.1) is 27.8 Å². The fourth-order valence-electron chi connectivity index (χ4n) is 9.96. The van der Waals surface area contributed by atoms with E-state index in [1.54, 1.807) is 11.3 Å². The molecule has 9 aromatic carbocycles. The normalized spacial score (nSPS) is 12.1. The topological polar surface area (TPSA) is 61.7 Å². The van der Waals surface area contributed by atoms with Gasteiger partial charge in [-0.3, -0.25) is 4.57 Å². The van der Waals surface area contributed by atoms with Gasteiger partial charge in [0.2, 0.25) is 5.95 Å². The van der Waals surface area contributed by atoms with E-state index in [4.69, 9.17) is 19.4 Å². The summed E-state index contributed by atoms with van der Waals surface area (Å²) in [7, 11) is 0. The third-order valence-corrected chi connectivity index (χ3v) is 14.0. The van der Waals surface area contributed by atoms with Crippen LogP contribution < -0.4 is 0 Å². The number of hydrogen-bond donors (Lipinski definition) is 0. The number of nitrogens with zero attached hydrogens (tertiary/aromatic N) is 5. The second-order valence-electron chi connectivity index (χ2n) is 16.3. The van der Waals surface area contributed by atoms with E-state index >= 15 is 0 Å². The Balaban J connectivity index is 1.15. The summed E-state index contributed by atoms with van der Waals surface area (Å²) in [4.78, 5) is 16.2. The quantitative estimate of drug-likeness (QED) is 0.173. The summed E-state index contributed by atoms with van der Waals surface area (Å²) in [5.41, 5.74) is 10.9. The van der Waals surface area contributed by atoms with E-state index in [0.29, 0.717) is 17.6 Å².